The van der Waals surface area contributed by atoms with Crippen LogP contribution in [0.1, 0.15) is 15.4 Å². The third kappa shape index (κ3) is 4.57. The van der Waals surface area contributed by atoms with E-state index < -0.39 is 30.1 Å². The molecule has 0 aliphatic rings. The molecule has 0 fully saturated rings. The molecule has 0 bridgehead atoms. The van der Waals surface area contributed by atoms with Crippen molar-refractivity contribution in [3.63, 3.8) is 0 Å². The molecule has 0 saturated heterocycles. The van der Waals surface area contributed by atoms with Gasteiger partial charge in [0, 0.05) is 21.5 Å². The SMILES string of the molecule is Cc1nc(-c2ccsc2)sc1C(=O)OCC(=O)Nc1c(F)cc(F)cc1Br. The van der Waals surface area contributed by atoms with Gasteiger partial charge in [-0.15, -0.1) is 11.3 Å². The van der Waals surface area contributed by atoms with Crippen LogP contribution >= 0.6 is 38.6 Å². The molecule has 1 amide bonds. The van der Waals surface area contributed by atoms with E-state index >= 15 is 0 Å². The predicted octanol–water partition coefficient (Wildman–Crippen LogP) is 5.02. The molecule has 2 heterocycles. The summed E-state index contributed by atoms with van der Waals surface area (Å²) in [4.78, 5) is 28.8. The number of aryl methyl sites for hydroxylation is 1. The van der Waals surface area contributed by atoms with E-state index in [1.165, 1.54) is 22.7 Å². The fraction of sp³-hybridized carbons (Fsp3) is 0.118. The van der Waals surface area contributed by atoms with Crippen molar-refractivity contribution >= 4 is 56.2 Å². The van der Waals surface area contributed by atoms with Gasteiger partial charge in [-0.1, -0.05) is 0 Å². The molecule has 27 heavy (non-hydrogen) atoms. The second kappa shape index (κ2) is 8.24. The van der Waals surface area contributed by atoms with Crippen molar-refractivity contribution in [1.82, 2.24) is 4.98 Å². The lowest BCUT2D eigenvalue weighted by Gasteiger charge is -2.09. The van der Waals surface area contributed by atoms with Crippen molar-refractivity contribution in [2.45, 2.75) is 6.92 Å². The summed E-state index contributed by atoms with van der Waals surface area (Å²) in [7, 11) is 0. The standard InChI is InChI=1S/C17H11BrF2N2O3S2/c1-8-15(27-16(21-8)9-2-3-26-7-9)17(24)25-6-13(23)22-14-11(18)4-10(19)5-12(14)20/h2-5,7H,6H2,1H3,(H,22,23). The van der Waals surface area contributed by atoms with Crippen molar-refractivity contribution < 1.29 is 23.1 Å². The van der Waals surface area contributed by atoms with E-state index in [2.05, 4.69) is 26.2 Å². The number of halogens is 3. The van der Waals surface area contributed by atoms with Gasteiger partial charge in [0.25, 0.3) is 5.91 Å². The lowest BCUT2D eigenvalue weighted by molar-refractivity contribution is -0.119. The Bertz CT molecular complexity index is 983. The molecular formula is C17H11BrF2N2O3S2. The number of thiophene rings is 1. The number of nitrogens with zero attached hydrogens (tertiary/aromatic N) is 1. The average molecular weight is 473 g/mol. The Hall–Kier alpha value is -2.17. The Balaban J connectivity index is 1.63. The van der Waals surface area contributed by atoms with Crippen molar-refractivity contribution in [3.05, 3.63) is 55.6 Å². The van der Waals surface area contributed by atoms with Gasteiger partial charge in [0.1, 0.15) is 15.7 Å². The van der Waals surface area contributed by atoms with Gasteiger partial charge >= 0.3 is 5.97 Å². The third-order valence-electron chi connectivity index (χ3n) is 3.36. The molecule has 10 heteroatoms. The number of ether oxygens (including phenoxy) is 1. The van der Waals surface area contributed by atoms with Crippen LogP contribution in [0.4, 0.5) is 14.5 Å². The molecule has 0 atom stereocenters. The van der Waals surface area contributed by atoms with E-state index in [0.717, 1.165) is 11.6 Å². The van der Waals surface area contributed by atoms with Crippen LogP contribution in [0.5, 0.6) is 0 Å². The molecule has 1 aromatic carbocycles. The highest BCUT2D eigenvalue weighted by atomic mass is 79.9. The molecule has 0 radical (unpaired) electrons. The van der Waals surface area contributed by atoms with E-state index in [4.69, 9.17) is 4.74 Å². The number of hydrogen-bond acceptors (Lipinski definition) is 6. The number of nitrogens with one attached hydrogen (secondary N) is 1. The zero-order valence-electron chi connectivity index (χ0n) is 13.7. The van der Waals surface area contributed by atoms with Gasteiger partial charge in [0.2, 0.25) is 0 Å². The highest BCUT2D eigenvalue weighted by Gasteiger charge is 2.20. The zero-order valence-corrected chi connectivity index (χ0v) is 16.9. The maximum absolute atomic E-state index is 13.7. The highest BCUT2D eigenvalue weighted by Crippen LogP contribution is 2.30. The first-order valence-electron chi connectivity index (χ1n) is 7.46. The number of anilines is 1. The largest absolute Gasteiger partial charge is 0.451 e. The molecule has 0 spiro atoms. The molecule has 0 saturated carbocycles. The Kier molecular flexibility index (Phi) is 5.98. The molecule has 0 aliphatic heterocycles. The van der Waals surface area contributed by atoms with Gasteiger partial charge in [0.05, 0.1) is 11.4 Å². The van der Waals surface area contributed by atoms with Gasteiger partial charge in [0.15, 0.2) is 12.4 Å². The molecular weight excluding hydrogens is 462 g/mol. The average Bonchev–Trinajstić information content (AvgIpc) is 3.25. The van der Waals surface area contributed by atoms with E-state index in [-0.39, 0.29) is 15.0 Å². The Labute approximate surface area is 169 Å². The summed E-state index contributed by atoms with van der Waals surface area (Å²) in [6.07, 6.45) is 0. The minimum absolute atomic E-state index is 0.0402. The van der Waals surface area contributed by atoms with Crippen LogP contribution in [0.15, 0.2) is 33.4 Å². The van der Waals surface area contributed by atoms with Crippen LogP contribution in [0.3, 0.4) is 0 Å². The van der Waals surface area contributed by atoms with Gasteiger partial charge < -0.3 is 10.1 Å². The molecule has 2 aromatic heterocycles. The Morgan fingerprint density at radius 1 is 1.33 bits per heavy atom. The number of amides is 1. The van der Waals surface area contributed by atoms with Crippen LogP contribution in [0.2, 0.25) is 0 Å². The summed E-state index contributed by atoms with van der Waals surface area (Å²) >= 11 is 5.65. The molecule has 3 rings (SSSR count). The lowest BCUT2D eigenvalue weighted by atomic mass is 10.3. The normalized spacial score (nSPS) is 10.7. The summed E-state index contributed by atoms with van der Waals surface area (Å²) in [5.41, 5.74) is 1.17. The number of carbonyl (C=O) groups excluding carboxylic acids is 2. The topological polar surface area (TPSA) is 68.3 Å². The van der Waals surface area contributed by atoms with Crippen LogP contribution in [0.25, 0.3) is 10.6 Å². The first-order valence-corrected chi connectivity index (χ1v) is 10.0. The second-order valence-corrected chi connectivity index (χ2v) is 7.95. The zero-order chi connectivity index (χ0) is 19.6. The maximum Gasteiger partial charge on any atom is 0.350 e. The van der Waals surface area contributed by atoms with E-state index in [9.17, 15) is 18.4 Å². The van der Waals surface area contributed by atoms with Crippen LogP contribution in [-0.4, -0.2) is 23.5 Å². The summed E-state index contributed by atoms with van der Waals surface area (Å²) in [5, 5.41) is 6.74. The number of rotatable bonds is 5. The lowest BCUT2D eigenvalue weighted by Crippen LogP contribution is -2.21. The molecule has 0 aliphatic carbocycles. The summed E-state index contributed by atoms with van der Waals surface area (Å²) in [6.45, 7) is 1.06. The van der Waals surface area contributed by atoms with E-state index in [1.807, 2.05) is 16.8 Å². The second-order valence-electron chi connectivity index (χ2n) is 5.31. The number of benzene rings is 1. The van der Waals surface area contributed by atoms with E-state index in [0.29, 0.717) is 16.8 Å². The first kappa shape index (κ1) is 19.6. The third-order valence-corrected chi connectivity index (χ3v) is 5.85. The summed E-state index contributed by atoms with van der Waals surface area (Å²) in [6, 6.07) is 3.54. The number of hydrogen-bond donors (Lipinski definition) is 1. The van der Waals surface area contributed by atoms with Gasteiger partial charge in [-0.05, 0) is 40.4 Å². The Morgan fingerprint density at radius 2 is 2.11 bits per heavy atom. The number of esters is 1. The summed E-state index contributed by atoms with van der Waals surface area (Å²) < 4.78 is 31.8. The molecule has 140 valence electrons. The minimum atomic E-state index is -0.944. The van der Waals surface area contributed by atoms with Gasteiger partial charge in [-0.25, -0.2) is 18.6 Å². The van der Waals surface area contributed by atoms with Crippen LogP contribution < -0.4 is 5.32 Å². The van der Waals surface area contributed by atoms with Crippen molar-refractivity contribution in [2.75, 3.05) is 11.9 Å². The molecule has 1 N–H and O–H groups in total. The maximum atomic E-state index is 13.7. The van der Waals surface area contributed by atoms with E-state index in [1.54, 1.807) is 6.92 Å². The minimum Gasteiger partial charge on any atom is -0.451 e. The molecule has 0 unspecified atom stereocenters. The van der Waals surface area contributed by atoms with Gasteiger partial charge in [-0.2, -0.15) is 11.3 Å². The fourth-order valence-electron chi connectivity index (χ4n) is 2.13. The predicted molar refractivity (Wildman–Crippen MR) is 103 cm³/mol. The summed E-state index contributed by atoms with van der Waals surface area (Å²) in [5.74, 6) is -3.18. The van der Waals surface area contributed by atoms with Crippen LogP contribution in [0, 0.1) is 18.6 Å². The fourth-order valence-corrected chi connectivity index (χ4v) is 4.31. The number of aromatic nitrogens is 1. The molecule has 3 aromatic rings. The van der Waals surface area contributed by atoms with Crippen molar-refractivity contribution in [2.24, 2.45) is 0 Å². The quantitative estimate of drug-likeness (QED) is 0.529. The Morgan fingerprint density at radius 3 is 2.78 bits per heavy atom. The smallest absolute Gasteiger partial charge is 0.350 e. The van der Waals surface area contributed by atoms with Crippen LogP contribution in [-0.2, 0) is 9.53 Å². The van der Waals surface area contributed by atoms with Crippen molar-refractivity contribution in [3.8, 4) is 10.6 Å². The first-order chi connectivity index (χ1) is 12.8. The van der Waals surface area contributed by atoms with Crippen molar-refractivity contribution in [1.29, 1.82) is 0 Å². The monoisotopic (exact) mass is 472 g/mol. The number of thiazole rings is 1. The highest BCUT2D eigenvalue weighted by molar-refractivity contribution is 9.10. The number of carbonyl (C=O) groups is 2. The molecule has 5 nitrogen and oxygen atoms in total. The van der Waals surface area contributed by atoms with Gasteiger partial charge in [-0.3, -0.25) is 4.79 Å².